The molecule has 0 heterocycles. The largest absolute Gasteiger partial charge is 0.390 e. The Balaban J connectivity index is 2.78. The minimum absolute atomic E-state index is 0.0799. The van der Waals surface area contributed by atoms with Crippen molar-refractivity contribution in [1.82, 2.24) is 0 Å². The summed E-state index contributed by atoms with van der Waals surface area (Å²) in [5, 5.41) is 26.4. The molecule has 1 amide bonds. The van der Waals surface area contributed by atoms with Gasteiger partial charge in [0.05, 0.1) is 12.5 Å². The maximum atomic E-state index is 10.6. The first-order valence-corrected chi connectivity index (χ1v) is 5.00. The van der Waals surface area contributed by atoms with Crippen LogP contribution in [0.3, 0.4) is 0 Å². The lowest BCUT2D eigenvalue weighted by molar-refractivity contribution is -0.121. The van der Waals surface area contributed by atoms with Gasteiger partial charge in [-0.2, -0.15) is 0 Å². The quantitative estimate of drug-likeness (QED) is 0.340. The van der Waals surface area contributed by atoms with Gasteiger partial charge in [0.1, 0.15) is 11.9 Å². The fourth-order valence-corrected chi connectivity index (χ4v) is 1.40. The van der Waals surface area contributed by atoms with Crippen LogP contribution in [0.4, 0.5) is 0 Å². The van der Waals surface area contributed by atoms with Crippen LogP contribution < -0.4 is 11.5 Å². The van der Waals surface area contributed by atoms with Crippen LogP contribution >= 0.6 is 0 Å². The normalized spacial score (nSPS) is 14.0. The van der Waals surface area contributed by atoms with Gasteiger partial charge in [-0.1, -0.05) is 24.3 Å². The zero-order chi connectivity index (χ0) is 13.0. The molecule has 0 aliphatic rings. The van der Waals surface area contributed by atoms with Crippen molar-refractivity contribution >= 4 is 11.7 Å². The summed E-state index contributed by atoms with van der Waals surface area (Å²) < 4.78 is 0. The number of carbonyl (C=O) groups is 1. The number of amidine groups is 1. The number of amides is 1. The van der Waals surface area contributed by atoms with E-state index in [4.69, 9.17) is 16.9 Å². The van der Waals surface area contributed by atoms with Gasteiger partial charge < -0.3 is 21.7 Å². The van der Waals surface area contributed by atoms with E-state index in [1.54, 1.807) is 12.1 Å². The molecule has 0 aromatic heterocycles. The molecule has 1 rings (SSSR count). The second kappa shape index (κ2) is 5.42. The molecule has 1 aromatic carbocycles. The summed E-state index contributed by atoms with van der Waals surface area (Å²) in [5.74, 6) is -0.763. The van der Waals surface area contributed by atoms with Crippen LogP contribution in [0.15, 0.2) is 24.3 Å². The van der Waals surface area contributed by atoms with Gasteiger partial charge in [-0.3, -0.25) is 10.2 Å². The van der Waals surface area contributed by atoms with Crippen LogP contribution in [0.25, 0.3) is 0 Å². The van der Waals surface area contributed by atoms with E-state index in [0.717, 1.165) is 0 Å². The Bertz CT molecular complexity index is 416. The van der Waals surface area contributed by atoms with Gasteiger partial charge in [0.25, 0.3) is 0 Å². The number of primary amides is 1. The third-order valence-electron chi connectivity index (χ3n) is 2.34. The van der Waals surface area contributed by atoms with E-state index in [0.29, 0.717) is 11.1 Å². The second-order valence-electron chi connectivity index (χ2n) is 3.72. The summed E-state index contributed by atoms with van der Waals surface area (Å²) in [6.07, 6.45) is -2.74. The topological polar surface area (TPSA) is 133 Å². The van der Waals surface area contributed by atoms with E-state index in [1.165, 1.54) is 12.1 Å². The molecule has 0 radical (unpaired) electrons. The number of nitrogen functional groups attached to an aromatic ring is 1. The van der Waals surface area contributed by atoms with Gasteiger partial charge in [0.2, 0.25) is 5.91 Å². The second-order valence-corrected chi connectivity index (χ2v) is 3.72. The van der Waals surface area contributed by atoms with E-state index in [2.05, 4.69) is 0 Å². The number of rotatable bonds is 5. The Morgan fingerprint density at radius 1 is 1.24 bits per heavy atom. The number of nitrogens with one attached hydrogen (secondary N) is 1. The van der Waals surface area contributed by atoms with E-state index in [1.807, 2.05) is 0 Å². The summed E-state index contributed by atoms with van der Waals surface area (Å²) in [6.45, 7) is 0. The number of aliphatic hydroxyl groups is 2. The molecule has 0 bridgehead atoms. The van der Waals surface area contributed by atoms with Gasteiger partial charge in [0.15, 0.2) is 0 Å². The molecule has 7 N–H and O–H groups in total. The van der Waals surface area contributed by atoms with Gasteiger partial charge >= 0.3 is 0 Å². The third-order valence-corrected chi connectivity index (χ3v) is 2.34. The first-order chi connectivity index (χ1) is 7.91. The number of aliphatic hydroxyl groups excluding tert-OH is 2. The van der Waals surface area contributed by atoms with Crippen molar-refractivity contribution in [2.24, 2.45) is 11.5 Å². The van der Waals surface area contributed by atoms with Crippen LogP contribution in [0.1, 0.15) is 23.7 Å². The Labute approximate surface area is 98.4 Å². The summed E-state index contributed by atoms with van der Waals surface area (Å²) in [7, 11) is 0. The molecule has 0 saturated heterocycles. The van der Waals surface area contributed by atoms with Crippen molar-refractivity contribution in [3.8, 4) is 0 Å². The number of hydrogen-bond acceptors (Lipinski definition) is 4. The molecule has 17 heavy (non-hydrogen) atoms. The lowest BCUT2D eigenvalue weighted by Crippen LogP contribution is -2.25. The van der Waals surface area contributed by atoms with Crippen molar-refractivity contribution in [3.63, 3.8) is 0 Å². The monoisotopic (exact) mass is 237 g/mol. The van der Waals surface area contributed by atoms with Crippen molar-refractivity contribution in [2.75, 3.05) is 0 Å². The number of nitrogens with two attached hydrogens (primary N) is 2. The minimum Gasteiger partial charge on any atom is -0.390 e. The first kappa shape index (κ1) is 13.1. The highest BCUT2D eigenvalue weighted by Crippen LogP contribution is 2.19. The van der Waals surface area contributed by atoms with Crippen molar-refractivity contribution < 1.29 is 15.0 Å². The molecule has 1 aromatic rings. The summed E-state index contributed by atoms with van der Waals surface area (Å²) in [5.41, 5.74) is 11.1. The van der Waals surface area contributed by atoms with Crippen LogP contribution in [-0.4, -0.2) is 28.1 Å². The lowest BCUT2D eigenvalue weighted by atomic mass is 10.0. The molecule has 6 heteroatoms. The standard InChI is InChI=1S/C11H15N3O3/c12-9(16)5-8(15)10(17)6-1-3-7(4-2-6)11(13)14/h1-4,8,10,15,17H,5H2,(H2,12,16)(H3,13,14). The maximum absolute atomic E-state index is 10.6. The van der Waals surface area contributed by atoms with Gasteiger partial charge in [0, 0.05) is 5.56 Å². The highest BCUT2D eigenvalue weighted by atomic mass is 16.3. The molecule has 6 nitrogen and oxygen atoms in total. The average molecular weight is 237 g/mol. The van der Waals surface area contributed by atoms with Gasteiger partial charge in [-0.25, -0.2) is 0 Å². The number of benzene rings is 1. The van der Waals surface area contributed by atoms with Crippen LogP contribution in [-0.2, 0) is 4.79 Å². The summed E-state index contributed by atoms with van der Waals surface area (Å²) in [6, 6.07) is 6.17. The Morgan fingerprint density at radius 3 is 2.18 bits per heavy atom. The van der Waals surface area contributed by atoms with Crippen molar-refractivity contribution in [3.05, 3.63) is 35.4 Å². The van der Waals surface area contributed by atoms with Crippen LogP contribution in [0, 0.1) is 5.41 Å². The smallest absolute Gasteiger partial charge is 0.220 e. The van der Waals surface area contributed by atoms with E-state index < -0.39 is 18.1 Å². The zero-order valence-electron chi connectivity index (χ0n) is 9.13. The molecular formula is C11H15N3O3. The van der Waals surface area contributed by atoms with Crippen LogP contribution in [0.5, 0.6) is 0 Å². The Morgan fingerprint density at radius 2 is 1.76 bits per heavy atom. The highest BCUT2D eigenvalue weighted by molar-refractivity contribution is 5.94. The lowest BCUT2D eigenvalue weighted by Gasteiger charge is -2.16. The molecule has 0 aliphatic carbocycles. The molecule has 2 atom stereocenters. The highest BCUT2D eigenvalue weighted by Gasteiger charge is 2.20. The summed E-state index contributed by atoms with van der Waals surface area (Å²) >= 11 is 0. The maximum Gasteiger partial charge on any atom is 0.220 e. The van der Waals surface area contributed by atoms with Gasteiger partial charge in [-0.05, 0) is 5.56 Å². The average Bonchev–Trinajstić information content (AvgIpc) is 2.27. The van der Waals surface area contributed by atoms with E-state index in [-0.39, 0.29) is 12.3 Å². The third kappa shape index (κ3) is 3.54. The van der Waals surface area contributed by atoms with Crippen molar-refractivity contribution in [2.45, 2.75) is 18.6 Å². The fraction of sp³-hybridized carbons (Fsp3) is 0.273. The van der Waals surface area contributed by atoms with E-state index >= 15 is 0 Å². The molecule has 2 unspecified atom stereocenters. The van der Waals surface area contributed by atoms with Crippen molar-refractivity contribution in [1.29, 1.82) is 5.41 Å². The Kier molecular flexibility index (Phi) is 4.19. The molecule has 0 spiro atoms. The molecular weight excluding hydrogens is 222 g/mol. The predicted molar refractivity (Wildman–Crippen MR) is 62.2 cm³/mol. The fourth-order valence-electron chi connectivity index (χ4n) is 1.40. The van der Waals surface area contributed by atoms with E-state index in [9.17, 15) is 15.0 Å². The molecule has 0 fully saturated rings. The first-order valence-electron chi connectivity index (χ1n) is 5.00. The minimum atomic E-state index is -1.24. The summed E-state index contributed by atoms with van der Waals surface area (Å²) in [4.78, 5) is 10.6. The number of carbonyl (C=O) groups excluding carboxylic acids is 1. The predicted octanol–water partition coefficient (Wildman–Crippen LogP) is -0.760. The SMILES string of the molecule is N=C(N)c1ccc(C(O)C(O)CC(N)=O)cc1. The molecule has 0 aliphatic heterocycles. The van der Waals surface area contributed by atoms with Gasteiger partial charge in [-0.15, -0.1) is 0 Å². The number of hydrogen-bond donors (Lipinski definition) is 5. The molecule has 0 saturated carbocycles. The molecule has 92 valence electrons. The van der Waals surface area contributed by atoms with Crippen LogP contribution in [0.2, 0.25) is 0 Å². The zero-order valence-corrected chi connectivity index (χ0v) is 9.13. The Hall–Kier alpha value is -1.92.